The number of carboxylic acids is 2. The minimum atomic E-state index is -1.13. The van der Waals surface area contributed by atoms with E-state index in [9.17, 15) is 19.8 Å². The normalized spacial score (nSPS) is 10.9. The molecule has 0 aliphatic carbocycles. The molecule has 300 valence electrons. The van der Waals surface area contributed by atoms with Crippen LogP contribution in [0, 0.1) is 0 Å². The lowest BCUT2D eigenvalue weighted by Crippen LogP contribution is -2.50. The van der Waals surface area contributed by atoms with Gasteiger partial charge in [0.2, 0.25) is 0 Å². The number of nitrogens with zero attached hydrogens (tertiary/aromatic N) is 2. The molecule has 2 rings (SSSR count). The fourth-order valence-corrected chi connectivity index (χ4v) is 6.44. The number of carbonyl (C=O) groups is 2. The zero-order valence-electron chi connectivity index (χ0n) is 35.3. The van der Waals surface area contributed by atoms with Gasteiger partial charge in [0.15, 0.2) is 0 Å². The second-order valence-electron chi connectivity index (χ2n) is 14.6. The quantitative estimate of drug-likeness (QED) is 0.0904. The molecule has 0 unspecified atom stereocenters. The van der Waals surface area contributed by atoms with E-state index >= 15 is 0 Å². The van der Waals surface area contributed by atoms with Gasteiger partial charge in [0.25, 0.3) is 0 Å². The van der Waals surface area contributed by atoms with Crippen LogP contribution in [-0.2, 0) is 0 Å². The van der Waals surface area contributed by atoms with Gasteiger partial charge in [-0.3, -0.25) is 0 Å². The Morgan fingerprint density at radius 1 is 0.365 bits per heavy atom. The molecule has 0 atom stereocenters. The van der Waals surface area contributed by atoms with Gasteiger partial charge in [-0.2, -0.15) is 0 Å². The molecule has 2 aromatic carbocycles. The highest BCUT2D eigenvalue weighted by atomic mass is 16.4. The van der Waals surface area contributed by atoms with E-state index in [1.54, 1.807) is 36.4 Å². The molecule has 0 radical (unpaired) electrons. The Kier molecular flexibility index (Phi) is 34.9. The van der Waals surface area contributed by atoms with Crippen molar-refractivity contribution in [3.05, 3.63) is 71.8 Å². The first-order valence-corrected chi connectivity index (χ1v) is 21.3. The molecule has 0 saturated carbocycles. The van der Waals surface area contributed by atoms with Crippen LogP contribution in [0.4, 0.5) is 0 Å². The Bertz CT molecular complexity index is 900. The number of carboxylic acid groups (broad SMARTS) is 2. The van der Waals surface area contributed by atoms with E-state index in [0.29, 0.717) is 0 Å². The van der Waals surface area contributed by atoms with Crippen molar-refractivity contribution in [2.24, 2.45) is 0 Å². The first-order valence-electron chi connectivity index (χ1n) is 21.3. The van der Waals surface area contributed by atoms with Crippen molar-refractivity contribution in [2.75, 3.05) is 52.4 Å². The third-order valence-electron chi connectivity index (χ3n) is 9.91. The minimum Gasteiger partial charge on any atom is -0.545 e. The predicted octanol–water partition coefficient (Wildman–Crippen LogP) is 10.1. The minimum absolute atomic E-state index is 0.220. The maximum absolute atomic E-state index is 10.1. The lowest BCUT2D eigenvalue weighted by molar-refractivity contribution is -0.929. The average Bonchev–Trinajstić information content (AvgIpc) is 3.18. The highest BCUT2D eigenvalue weighted by Crippen LogP contribution is 2.17. The summed E-state index contributed by atoms with van der Waals surface area (Å²) in [6.45, 7) is 30.0. The highest BCUT2D eigenvalue weighted by Gasteiger charge is 2.25. The van der Waals surface area contributed by atoms with Crippen molar-refractivity contribution >= 4 is 11.9 Å². The van der Waals surface area contributed by atoms with Crippen molar-refractivity contribution in [2.45, 2.75) is 158 Å². The molecule has 0 aliphatic rings. The van der Waals surface area contributed by atoms with E-state index in [1.165, 1.54) is 188 Å². The van der Waals surface area contributed by atoms with E-state index in [1.807, 2.05) is 0 Å². The molecule has 0 saturated heterocycles. The van der Waals surface area contributed by atoms with Crippen molar-refractivity contribution in [3.63, 3.8) is 0 Å². The summed E-state index contributed by atoms with van der Waals surface area (Å²) in [6.07, 6.45) is 22.1. The fourth-order valence-electron chi connectivity index (χ4n) is 6.44. The first-order chi connectivity index (χ1) is 25.1. The predicted molar refractivity (Wildman–Crippen MR) is 220 cm³/mol. The zero-order valence-corrected chi connectivity index (χ0v) is 35.3. The third-order valence-corrected chi connectivity index (χ3v) is 9.91. The molecular formula is C46H82N2O4. The summed E-state index contributed by atoms with van der Waals surface area (Å²) in [5.74, 6) is -2.26. The maximum atomic E-state index is 10.1. The van der Waals surface area contributed by atoms with Gasteiger partial charge >= 0.3 is 0 Å². The topological polar surface area (TPSA) is 80.3 Å². The lowest BCUT2D eigenvalue weighted by atomic mass is 10.1. The molecule has 6 nitrogen and oxygen atoms in total. The maximum Gasteiger partial charge on any atom is 0.0786 e. The smallest absolute Gasteiger partial charge is 0.0786 e. The van der Waals surface area contributed by atoms with Crippen LogP contribution in [-0.4, -0.2) is 73.3 Å². The van der Waals surface area contributed by atoms with Crippen LogP contribution in [0.15, 0.2) is 60.7 Å². The van der Waals surface area contributed by atoms with Crippen molar-refractivity contribution in [1.82, 2.24) is 0 Å². The average molecular weight is 727 g/mol. The summed E-state index contributed by atoms with van der Waals surface area (Å²) in [7, 11) is 0. The van der Waals surface area contributed by atoms with Gasteiger partial charge < -0.3 is 28.8 Å². The number of hydrogen-bond donors (Lipinski definition) is 0. The summed E-state index contributed by atoms with van der Waals surface area (Å²) in [5.41, 5.74) is 0.440. The van der Waals surface area contributed by atoms with Crippen molar-refractivity contribution in [3.8, 4) is 0 Å². The van der Waals surface area contributed by atoms with Crippen LogP contribution in [0.2, 0.25) is 0 Å². The van der Waals surface area contributed by atoms with Gasteiger partial charge in [-0.25, -0.2) is 0 Å². The van der Waals surface area contributed by atoms with Crippen LogP contribution in [0.25, 0.3) is 0 Å². The Morgan fingerprint density at radius 2 is 0.538 bits per heavy atom. The number of rotatable bonds is 26. The molecule has 0 fully saturated rings. The summed E-state index contributed by atoms with van der Waals surface area (Å²) >= 11 is 0. The highest BCUT2D eigenvalue weighted by molar-refractivity contribution is 5.85. The number of carbonyl (C=O) groups excluding carboxylic acids is 2. The molecule has 0 aromatic heterocycles. The molecule has 6 heteroatoms. The van der Waals surface area contributed by atoms with Crippen LogP contribution in [0.1, 0.15) is 179 Å². The number of unbranched alkanes of at least 4 members (excludes halogenated alkanes) is 8. The zero-order chi connectivity index (χ0) is 39.4. The monoisotopic (exact) mass is 727 g/mol. The Hall–Kier alpha value is -2.70. The molecule has 0 bridgehead atoms. The van der Waals surface area contributed by atoms with Gasteiger partial charge in [0, 0.05) is 0 Å². The first kappa shape index (κ1) is 51.4. The molecule has 52 heavy (non-hydrogen) atoms. The third kappa shape index (κ3) is 27.0. The molecule has 0 spiro atoms. The number of aromatic carboxylic acids is 2. The van der Waals surface area contributed by atoms with Crippen molar-refractivity contribution in [1.29, 1.82) is 0 Å². The van der Waals surface area contributed by atoms with Gasteiger partial charge in [0.05, 0.1) is 64.3 Å². The lowest BCUT2D eigenvalue weighted by Gasteiger charge is -2.39. The Morgan fingerprint density at radius 3 is 0.654 bits per heavy atom. The summed E-state index contributed by atoms with van der Waals surface area (Å²) in [6, 6.07) is 16.1. The number of benzene rings is 2. The van der Waals surface area contributed by atoms with Crippen LogP contribution >= 0.6 is 0 Å². The second kappa shape index (κ2) is 35.3. The van der Waals surface area contributed by atoms with Gasteiger partial charge in [-0.15, -0.1) is 0 Å². The van der Waals surface area contributed by atoms with Gasteiger partial charge in [-0.1, -0.05) is 167 Å². The number of quaternary nitrogens is 2. The molecule has 0 amide bonds. The van der Waals surface area contributed by atoms with E-state index in [4.69, 9.17) is 0 Å². The largest absolute Gasteiger partial charge is 0.545 e. The molecule has 0 aliphatic heterocycles. The summed E-state index contributed by atoms with van der Waals surface area (Å²) in [4.78, 5) is 20.2. The molecule has 2 aromatic rings. The standard InChI is InChI=1S/2C16H36N.2C7H6O2/c2*1-5-9-13-17(14-10-6-2,15-11-7-3)16-12-8-4;2*8-7(9)6-4-2-1-3-5-6/h2*5-16H2,1-4H3;2*1-5H,(H,8,9)/q2*+1;;/p-2. The fraction of sp³-hybridized carbons (Fsp3) is 0.696. The van der Waals surface area contributed by atoms with E-state index < -0.39 is 11.9 Å². The van der Waals surface area contributed by atoms with E-state index in [0.717, 1.165) is 0 Å². The number of hydrogen-bond acceptors (Lipinski definition) is 4. The van der Waals surface area contributed by atoms with Crippen molar-refractivity contribution < 1.29 is 28.8 Å². The Balaban J connectivity index is 0. The second-order valence-corrected chi connectivity index (χ2v) is 14.6. The molecule has 0 heterocycles. The molecular weight excluding hydrogens is 645 g/mol. The van der Waals surface area contributed by atoms with E-state index in [2.05, 4.69) is 55.4 Å². The van der Waals surface area contributed by atoms with Crippen LogP contribution in [0.3, 0.4) is 0 Å². The van der Waals surface area contributed by atoms with Crippen LogP contribution < -0.4 is 10.2 Å². The SMILES string of the molecule is CCCC[N+](CCCC)(CCCC)CCCC.CCCC[N+](CCCC)(CCCC)CCCC.O=C([O-])c1ccccc1.O=C([O-])c1ccccc1. The van der Waals surface area contributed by atoms with Gasteiger partial charge in [0.1, 0.15) is 0 Å². The van der Waals surface area contributed by atoms with E-state index in [-0.39, 0.29) is 11.1 Å². The Labute approximate surface area is 322 Å². The summed E-state index contributed by atoms with van der Waals surface area (Å²) < 4.78 is 2.84. The van der Waals surface area contributed by atoms with Crippen LogP contribution in [0.5, 0.6) is 0 Å². The summed E-state index contributed by atoms with van der Waals surface area (Å²) in [5, 5.41) is 20.2. The molecule has 0 N–H and O–H groups in total. The van der Waals surface area contributed by atoms with Gasteiger partial charge in [-0.05, 0) is 62.5 Å².